The van der Waals surface area contributed by atoms with Crippen LogP contribution in [0.2, 0.25) is 0 Å². The lowest BCUT2D eigenvalue weighted by molar-refractivity contribution is -0.124. The van der Waals surface area contributed by atoms with Crippen LogP contribution >= 0.6 is 0 Å². The van der Waals surface area contributed by atoms with Crippen LogP contribution in [0.5, 0.6) is 0 Å². The van der Waals surface area contributed by atoms with Crippen LogP contribution in [0, 0.1) is 5.92 Å². The third-order valence-electron chi connectivity index (χ3n) is 2.91. The van der Waals surface area contributed by atoms with Crippen LogP contribution in [0.25, 0.3) is 0 Å². The van der Waals surface area contributed by atoms with Gasteiger partial charge in [0, 0.05) is 0 Å². The molecule has 104 valence electrons. The summed E-state index contributed by atoms with van der Waals surface area (Å²) in [7, 11) is 0. The molecule has 0 aromatic heterocycles. The first-order chi connectivity index (χ1) is 8.91. The number of carbonyl (C=O) groups excluding carboxylic acids is 2. The number of hydrogen-bond donors (Lipinski definition) is 3. The average molecular weight is 263 g/mol. The first-order valence-corrected chi connectivity index (χ1v) is 6.33. The highest BCUT2D eigenvalue weighted by molar-refractivity contribution is 5.87. The van der Waals surface area contributed by atoms with E-state index >= 15 is 0 Å². The summed E-state index contributed by atoms with van der Waals surface area (Å²) < 4.78 is 0. The number of benzene rings is 1. The first kappa shape index (κ1) is 15.0. The van der Waals surface area contributed by atoms with Gasteiger partial charge in [-0.2, -0.15) is 0 Å². The zero-order chi connectivity index (χ0) is 14.4. The highest BCUT2D eigenvalue weighted by atomic mass is 16.2. The second-order valence-electron chi connectivity index (χ2n) is 4.87. The van der Waals surface area contributed by atoms with E-state index in [9.17, 15) is 9.59 Å². The molecular formula is C14H21N3O2. The number of primary amides is 1. The number of urea groups is 1. The second-order valence-corrected chi connectivity index (χ2v) is 4.87. The van der Waals surface area contributed by atoms with E-state index in [4.69, 9.17) is 5.73 Å². The van der Waals surface area contributed by atoms with E-state index in [1.54, 1.807) is 0 Å². The molecule has 0 saturated heterocycles. The van der Waals surface area contributed by atoms with Gasteiger partial charge >= 0.3 is 6.03 Å². The summed E-state index contributed by atoms with van der Waals surface area (Å²) in [4.78, 5) is 23.0. The maximum atomic E-state index is 12.1. The molecule has 2 atom stereocenters. The van der Waals surface area contributed by atoms with Crippen molar-refractivity contribution in [2.75, 3.05) is 0 Å². The van der Waals surface area contributed by atoms with E-state index in [1.165, 1.54) is 0 Å². The Bertz CT molecular complexity index is 432. The molecule has 1 aromatic carbocycles. The van der Waals surface area contributed by atoms with E-state index in [1.807, 2.05) is 51.1 Å². The average Bonchev–Trinajstić information content (AvgIpc) is 2.36. The van der Waals surface area contributed by atoms with Crippen LogP contribution < -0.4 is 16.4 Å². The monoisotopic (exact) mass is 263 g/mol. The Morgan fingerprint density at radius 1 is 1.05 bits per heavy atom. The summed E-state index contributed by atoms with van der Waals surface area (Å²) in [6.07, 6.45) is 0. The van der Waals surface area contributed by atoms with Crippen LogP contribution in [0.1, 0.15) is 32.4 Å². The standard InChI is InChI=1S/C14H21N3O2/c1-9(2)12(17-14(15)19)13(18)16-10(3)11-7-5-4-6-8-11/h4-10,12H,1-3H3,(H,16,18)(H3,15,17,19)/t10-,12+/m0/s1. The highest BCUT2D eigenvalue weighted by Gasteiger charge is 2.24. The van der Waals surface area contributed by atoms with Crippen molar-refractivity contribution in [3.63, 3.8) is 0 Å². The van der Waals surface area contributed by atoms with Crippen LogP contribution in [0.4, 0.5) is 4.79 Å². The predicted octanol–water partition coefficient (Wildman–Crippen LogP) is 1.56. The van der Waals surface area contributed by atoms with E-state index < -0.39 is 12.1 Å². The minimum Gasteiger partial charge on any atom is -0.352 e. The third-order valence-corrected chi connectivity index (χ3v) is 2.91. The summed E-state index contributed by atoms with van der Waals surface area (Å²) in [5, 5.41) is 5.34. The molecule has 19 heavy (non-hydrogen) atoms. The Morgan fingerprint density at radius 3 is 2.11 bits per heavy atom. The fourth-order valence-electron chi connectivity index (χ4n) is 1.82. The highest BCUT2D eigenvalue weighted by Crippen LogP contribution is 2.12. The number of nitrogens with one attached hydrogen (secondary N) is 2. The van der Waals surface area contributed by atoms with Gasteiger partial charge in [-0.1, -0.05) is 44.2 Å². The van der Waals surface area contributed by atoms with Gasteiger partial charge in [0.1, 0.15) is 6.04 Å². The molecular weight excluding hydrogens is 242 g/mol. The summed E-state index contributed by atoms with van der Waals surface area (Å²) >= 11 is 0. The minimum atomic E-state index is -0.693. The van der Waals surface area contributed by atoms with E-state index in [0.717, 1.165) is 5.56 Å². The van der Waals surface area contributed by atoms with Gasteiger partial charge in [-0.05, 0) is 18.4 Å². The van der Waals surface area contributed by atoms with Crippen LogP contribution in [0.15, 0.2) is 30.3 Å². The van der Waals surface area contributed by atoms with Crippen molar-refractivity contribution in [2.24, 2.45) is 11.7 Å². The maximum Gasteiger partial charge on any atom is 0.312 e. The zero-order valence-corrected chi connectivity index (χ0v) is 11.5. The number of carbonyl (C=O) groups is 2. The Hall–Kier alpha value is -2.04. The molecule has 1 aromatic rings. The molecule has 1 rings (SSSR count). The van der Waals surface area contributed by atoms with Crippen LogP contribution in [-0.4, -0.2) is 18.0 Å². The molecule has 0 radical (unpaired) electrons. The van der Waals surface area contributed by atoms with Crippen molar-refractivity contribution < 1.29 is 9.59 Å². The van der Waals surface area contributed by atoms with Gasteiger partial charge in [-0.3, -0.25) is 4.79 Å². The number of nitrogens with two attached hydrogens (primary N) is 1. The summed E-state index contributed by atoms with van der Waals surface area (Å²) in [6.45, 7) is 5.61. The van der Waals surface area contributed by atoms with Crippen molar-refractivity contribution in [3.05, 3.63) is 35.9 Å². The molecule has 0 fully saturated rings. The molecule has 0 spiro atoms. The van der Waals surface area contributed by atoms with Gasteiger partial charge < -0.3 is 16.4 Å². The zero-order valence-electron chi connectivity index (χ0n) is 11.5. The Kier molecular flexibility index (Phi) is 5.36. The smallest absolute Gasteiger partial charge is 0.312 e. The SMILES string of the molecule is CC(C)[C@@H](NC(N)=O)C(=O)N[C@@H](C)c1ccccc1. The quantitative estimate of drug-likeness (QED) is 0.753. The largest absolute Gasteiger partial charge is 0.352 e. The van der Waals surface area contributed by atoms with Crippen molar-refractivity contribution in [1.29, 1.82) is 0 Å². The minimum absolute atomic E-state index is 0.0320. The lowest BCUT2D eigenvalue weighted by Crippen LogP contribution is -2.51. The van der Waals surface area contributed by atoms with Gasteiger partial charge in [-0.15, -0.1) is 0 Å². The van der Waals surface area contributed by atoms with Gasteiger partial charge in [0.25, 0.3) is 0 Å². The lowest BCUT2D eigenvalue weighted by Gasteiger charge is -2.23. The maximum absolute atomic E-state index is 12.1. The predicted molar refractivity (Wildman–Crippen MR) is 74.3 cm³/mol. The summed E-state index contributed by atoms with van der Waals surface area (Å²) in [5.74, 6) is -0.263. The van der Waals surface area contributed by atoms with Gasteiger partial charge in [0.05, 0.1) is 6.04 Å². The third kappa shape index (κ3) is 4.62. The van der Waals surface area contributed by atoms with Crippen molar-refractivity contribution >= 4 is 11.9 Å². The molecule has 0 aliphatic heterocycles. The van der Waals surface area contributed by atoms with Gasteiger partial charge in [0.2, 0.25) is 5.91 Å². The molecule has 0 aliphatic carbocycles. The fraction of sp³-hybridized carbons (Fsp3) is 0.429. The molecule has 4 N–H and O–H groups in total. The van der Waals surface area contributed by atoms with E-state index in [0.29, 0.717) is 0 Å². The van der Waals surface area contributed by atoms with Crippen molar-refractivity contribution in [1.82, 2.24) is 10.6 Å². The molecule has 5 heteroatoms. The topological polar surface area (TPSA) is 84.2 Å². The van der Waals surface area contributed by atoms with Crippen LogP contribution in [-0.2, 0) is 4.79 Å². The number of hydrogen-bond acceptors (Lipinski definition) is 2. The molecule has 0 bridgehead atoms. The van der Waals surface area contributed by atoms with Crippen molar-refractivity contribution in [2.45, 2.75) is 32.9 Å². The Morgan fingerprint density at radius 2 is 1.63 bits per heavy atom. The fourth-order valence-corrected chi connectivity index (χ4v) is 1.82. The van der Waals surface area contributed by atoms with Gasteiger partial charge in [0.15, 0.2) is 0 Å². The second kappa shape index (κ2) is 6.78. The molecule has 3 amide bonds. The Balaban J connectivity index is 2.69. The lowest BCUT2D eigenvalue weighted by atomic mass is 10.0. The Labute approximate surface area is 113 Å². The summed E-state index contributed by atoms with van der Waals surface area (Å²) in [6, 6.07) is 8.20. The first-order valence-electron chi connectivity index (χ1n) is 6.33. The van der Waals surface area contributed by atoms with Crippen LogP contribution in [0.3, 0.4) is 0 Å². The molecule has 0 saturated carbocycles. The number of rotatable bonds is 5. The van der Waals surface area contributed by atoms with E-state index in [-0.39, 0.29) is 17.9 Å². The molecule has 5 nitrogen and oxygen atoms in total. The summed E-state index contributed by atoms with van der Waals surface area (Å²) in [5.41, 5.74) is 6.09. The molecule has 0 aliphatic rings. The van der Waals surface area contributed by atoms with E-state index in [2.05, 4.69) is 10.6 Å². The molecule has 0 unspecified atom stereocenters. The van der Waals surface area contributed by atoms with Crippen molar-refractivity contribution in [3.8, 4) is 0 Å². The van der Waals surface area contributed by atoms with Gasteiger partial charge in [-0.25, -0.2) is 4.79 Å². The number of amides is 3. The molecule has 0 heterocycles. The normalized spacial score (nSPS) is 13.7.